The number of nitrogens with zero attached hydrogens (tertiary/aromatic N) is 6. The molecule has 3 aromatic rings. The van der Waals surface area contributed by atoms with Gasteiger partial charge in [-0.15, -0.1) is 10.2 Å². The van der Waals surface area contributed by atoms with Crippen molar-refractivity contribution in [3.05, 3.63) is 65.5 Å². The van der Waals surface area contributed by atoms with Crippen molar-refractivity contribution in [1.29, 1.82) is 0 Å². The average Bonchev–Trinajstić information content (AvgIpc) is 3.45. The van der Waals surface area contributed by atoms with Crippen molar-refractivity contribution in [3.63, 3.8) is 0 Å². The van der Waals surface area contributed by atoms with Crippen molar-refractivity contribution in [2.24, 2.45) is 0 Å². The van der Waals surface area contributed by atoms with Crippen LogP contribution >= 0.6 is 0 Å². The quantitative estimate of drug-likeness (QED) is 0.702. The van der Waals surface area contributed by atoms with Gasteiger partial charge in [-0.25, -0.2) is 0 Å². The van der Waals surface area contributed by atoms with Gasteiger partial charge in [-0.2, -0.15) is 5.10 Å². The Morgan fingerprint density at radius 2 is 2.00 bits per heavy atom. The summed E-state index contributed by atoms with van der Waals surface area (Å²) in [4.78, 5) is 15.0. The van der Waals surface area contributed by atoms with Crippen molar-refractivity contribution >= 4 is 5.91 Å². The smallest absolute Gasteiger partial charge is 0.257 e. The van der Waals surface area contributed by atoms with E-state index in [1.165, 1.54) is 5.56 Å². The van der Waals surface area contributed by atoms with Gasteiger partial charge in [0.1, 0.15) is 11.6 Å². The molecule has 7 heteroatoms. The van der Waals surface area contributed by atoms with Gasteiger partial charge >= 0.3 is 0 Å². The zero-order valence-corrected chi connectivity index (χ0v) is 15.9. The zero-order valence-electron chi connectivity index (χ0n) is 15.9. The molecule has 144 valence electrons. The third-order valence-electron chi connectivity index (χ3n) is 5.78. The van der Waals surface area contributed by atoms with Gasteiger partial charge in [0.05, 0.1) is 18.3 Å². The summed E-state index contributed by atoms with van der Waals surface area (Å²) >= 11 is 0. The van der Waals surface area contributed by atoms with Crippen LogP contribution < -0.4 is 0 Å². The predicted octanol–water partition coefficient (Wildman–Crippen LogP) is 2.49. The lowest BCUT2D eigenvalue weighted by molar-refractivity contribution is 0.0703. The first-order chi connectivity index (χ1) is 13.8. The van der Waals surface area contributed by atoms with Crippen LogP contribution in [-0.4, -0.2) is 48.4 Å². The molecule has 0 aliphatic carbocycles. The Hall–Kier alpha value is -2.96. The molecule has 2 aliphatic rings. The maximum Gasteiger partial charge on any atom is 0.257 e. The molecule has 0 N–H and O–H groups in total. The topological polar surface area (TPSA) is 68.8 Å². The molecular weight excluding hydrogens is 352 g/mol. The van der Waals surface area contributed by atoms with Crippen LogP contribution in [0.15, 0.2) is 42.7 Å². The maximum atomic E-state index is 13.0. The summed E-state index contributed by atoms with van der Waals surface area (Å²) in [6.45, 7) is 3.18. The van der Waals surface area contributed by atoms with E-state index in [1.54, 1.807) is 6.20 Å². The number of hydrogen-bond acceptors (Lipinski definition) is 4. The van der Waals surface area contributed by atoms with Crippen LogP contribution in [0, 0.1) is 0 Å². The van der Waals surface area contributed by atoms with Crippen molar-refractivity contribution in [2.75, 3.05) is 13.1 Å². The van der Waals surface area contributed by atoms with E-state index in [0.29, 0.717) is 18.7 Å². The molecule has 4 heterocycles. The minimum Gasteiger partial charge on any atom is -0.338 e. The minimum absolute atomic E-state index is 0.0603. The lowest BCUT2D eigenvalue weighted by Crippen LogP contribution is -2.39. The Balaban J connectivity index is 1.29. The maximum absolute atomic E-state index is 13.0. The number of carbonyl (C=O) groups is 1. The van der Waals surface area contributed by atoms with Gasteiger partial charge in [0, 0.05) is 38.2 Å². The molecule has 5 rings (SSSR count). The number of rotatable bonds is 4. The van der Waals surface area contributed by atoms with Crippen LogP contribution in [0.4, 0.5) is 0 Å². The molecule has 28 heavy (non-hydrogen) atoms. The fraction of sp³-hybridized carbons (Fsp3) is 0.429. The van der Waals surface area contributed by atoms with E-state index in [2.05, 4.69) is 32.0 Å². The molecule has 2 aliphatic heterocycles. The molecule has 0 saturated carbocycles. The highest BCUT2D eigenvalue weighted by Gasteiger charge is 2.30. The number of hydrogen-bond donors (Lipinski definition) is 0. The van der Waals surface area contributed by atoms with Crippen LogP contribution in [0.2, 0.25) is 0 Å². The minimum atomic E-state index is 0.0603. The predicted molar refractivity (Wildman–Crippen MR) is 104 cm³/mol. The molecule has 0 radical (unpaired) electrons. The monoisotopic (exact) mass is 376 g/mol. The number of piperidine rings is 1. The van der Waals surface area contributed by atoms with E-state index in [-0.39, 0.29) is 11.8 Å². The summed E-state index contributed by atoms with van der Waals surface area (Å²) in [6.07, 6.45) is 7.76. The van der Waals surface area contributed by atoms with Crippen molar-refractivity contribution in [1.82, 2.24) is 29.4 Å². The van der Waals surface area contributed by atoms with E-state index in [0.717, 1.165) is 50.4 Å². The Morgan fingerprint density at radius 3 is 2.89 bits per heavy atom. The first-order valence-electron chi connectivity index (χ1n) is 10.1. The molecule has 1 unspecified atom stereocenters. The van der Waals surface area contributed by atoms with Gasteiger partial charge < -0.3 is 9.47 Å². The number of benzene rings is 1. The Bertz CT molecular complexity index is 976. The van der Waals surface area contributed by atoms with Crippen LogP contribution in [0.1, 0.15) is 52.8 Å². The first kappa shape index (κ1) is 17.2. The molecule has 1 amide bonds. The number of likely N-dealkylation sites (tertiary alicyclic amines) is 1. The summed E-state index contributed by atoms with van der Waals surface area (Å²) in [5.41, 5.74) is 1.83. The SMILES string of the molecule is O=C(c1cnn(Cc2ccccc2)c1)N1CCCC(c2nnc3n2CCC3)C1. The first-order valence-corrected chi connectivity index (χ1v) is 10.1. The molecule has 1 aromatic carbocycles. The number of fused-ring (bicyclic) bond motifs is 1. The third-order valence-corrected chi connectivity index (χ3v) is 5.78. The van der Waals surface area contributed by atoms with Gasteiger partial charge in [-0.1, -0.05) is 30.3 Å². The molecule has 2 aromatic heterocycles. The lowest BCUT2D eigenvalue weighted by Gasteiger charge is -2.32. The van der Waals surface area contributed by atoms with Crippen molar-refractivity contribution in [2.45, 2.75) is 44.7 Å². The van der Waals surface area contributed by atoms with E-state index in [4.69, 9.17) is 0 Å². The summed E-state index contributed by atoms with van der Waals surface area (Å²) in [6, 6.07) is 10.2. The number of aromatic nitrogens is 5. The fourth-order valence-corrected chi connectivity index (χ4v) is 4.36. The average molecular weight is 376 g/mol. The highest BCUT2D eigenvalue weighted by Crippen LogP contribution is 2.29. The molecule has 1 saturated heterocycles. The number of amides is 1. The Morgan fingerprint density at radius 1 is 1.11 bits per heavy atom. The van der Waals surface area contributed by atoms with E-state index in [1.807, 2.05) is 34.0 Å². The Labute approximate surface area is 164 Å². The fourth-order valence-electron chi connectivity index (χ4n) is 4.36. The van der Waals surface area contributed by atoms with Gasteiger partial charge in [-0.05, 0) is 24.8 Å². The largest absolute Gasteiger partial charge is 0.338 e. The van der Waals surface area contributed by atoms with Crippen molar-refractivity contribution in [3.8, 4) is 0 Å². The molecule has 1 atom stereocenters. The zero-order chi connectivity index (χ0) is 18.9. The van der Waals surface area contributed by atoms with Crippen LogP contribution in [0.3, 0.4) is 0 Å². The van der Waals surface area contributed by atoms with Crippen molar-refractivity contribution < 1.29 is 4.79 Å². The van der Waals surface area contributed by atoms with Crippen LogP contribution in [-0.2, 0) is 19.5 Å². The second-order valence-electron chi connectivity index (χ2n) is 7.73. The van der Waals surface area contributed by atoms with Gasteiger partial charge in [0.25, 0.3) is 5.91 Å². The Kier molecular flexibility index (Phi) is 4.43. The van der Waals surface area contributed by atoms with Crippen LogP contribution in [0.5, 0.6) is 0 Å². The van der Waals surface area contributed by atoms with E-state index < -0.39 is 0 Å². The third kappa shape index (κ3) is 3.21. The number of aryl methyl sites for hydroxylation is 1. The highest BCUT2D eigenvalue weighted by atomic mass is 16.2. The highest BCUT2D eigenvalue weighted by molar-refractivity contribution is 5.93. The standard InChI is InChI=1S/C21H24N6O/c28-21(18-12-22-26(15-18)13-16-6-2-1-3-7-16)25-10-4-8-17(14-25)20-24-23-19-9-5-11-27(19)20/h1-3,6-7,12,15,17H,4-5,8-11,13-14H2. The summed E-state index contributed by atoms with van der Waals surface area (Å²) in [7, 11) is 0. The second kappa shape index (κ2) is 7.22. The molecule has 0 spiro atoms. The van der Waals surface area contributed by atoms with E-state index >= 15 is 0 Å². The summed E-state index contributed by atoms with van der Waals surface area (Å²) < 4.78 is 4.09. The summed E-state index contributed by atoms with van der Waals surface area (Å²) in [5.74, 6) is 2.49. The van der Waals surface area contributed by atoms with Gasteiger partial charge in [-0.3, -0.25) is 9.48 Å². The van der Waals surface area contributed by atoms with Crippen LogP contribution in [0.25, 0.3) is 0 Å². The van der Waals surface area contributed by atoms with Gasteiger partial charge in [0.2, 0.25) is 0 Å². The number of carbonyl (C=O) groups excluding carboxylic acids is 1. The normalized spacial score (nSPS) is 19.0. The molecular formula is C21H24N6O. The van der Waals surface area contributed by atoms with Gasteiger partial charge in [0.15, 0.2) is 0 Å². The lowest BCUT2D eigenvalue weighted by atomic mass is 9.96. The molecule has 1 fully saturated rings. The van der Waals surface area contributed by atoms with E-state index in [9.17, 15) is 4.79 Å². The molecule has 7 nitrogen and oxygen atoms in total. The second-order valence-corrected chi connectivity index (χ2v) is 7.73. The summed E-state index contributed by atoms with van der Waals surface area (Å²) in [5, 5.41) is 13.2. The molecule has 0 bridgehead atoms.